The molecule has 2 N–H and O–H groups in total. The quantitative estimate of drug-likeness (QED) is 0.696. The van der Waals surface area contributed by atoms with Crippen molar-refractivity contribution >= 4 is 23.6 Å². The molecule has 0 saturated heterocycles. The van der Waals surface area contributed by atoms with Crippen molar-refractivity contribution in [1.29, 1.82) is 0 Å². The van der Waals surface area contributed by atoms with E-state index in [1.54, 1.807) is 11.8 Å². The Bertz CT molecular complexity index is 177. The summed E-state index contributed by atoms with van der Waals surface area (Å²) in [5, 5.41) is 11.0. The molecule has 0 aliphatic heterocycles. The van der Waals surface area contributed by atoms with E-state index in [0.29, 0.717) is 6.42 Å². The van der Waals surface area contributed by atoms with Gasteiger partial charge in [-0.15, -0.1) is 0 Å². The van der Waals surface area contributed by atoms with E-state index in [0.717, 1.165) is 5.75 Å². The molecule has 0 bridgehead atoms. The van der Waals surface area contributed by atoms with E-state index in [4.69, 9.17) is 5.11 Å². The van der Waals surface area contributed by atoms with Crippen LogP contribution in [0.3, 0.4) is 0 Å². The molecule has 0 aromatic rings. The number of thioether (sulfide) groups is 1. The first-order valence-electron chi connectivity index (χ1n) is 3.56. The van der Waals surface area contributed by atoms with Crippen LogP contribution in [0.25, 0.3) is 0 Å². The number of amides is 1. The van der Waals surface area contributed by atoms with Gasteiger partial charge in [-0.05, 0) is 18.4 Å². The molecule has 0 heterocycles. The summed E-state index contributed by atoms with van der Waals surface area (Å²) < 4.78 is 0. The minimum Gasteiger partial charge on any atom is -0.480 e. The first kappa shape index (κ1) is 15.4. The van der Waals surface area contributed by atoms with Crippen molar-refractivity contribution in [2.75, 3.05) is 12.0 Å². The van der Waals surface area contributed by atoms with Gasteiger partial charge >= 0.3 is 5.97 Å². The summed E-state index contributed by atoms with van der Waals surface area (Å²) in [6.07, 6.45) is 2.36. The van der Waals surface area contributed by atoms with Crippen molar-refractivity contribution < 1.29 is 34.2 Å². The number of carbonyl (C=O) groups is 2. The molecule has 0 aromatic heterocycles. The summed E-state index contributed by atoms with van der Waals surface area (Å²) in [5.41, 5.74) is 0. The zero-order chi connectivity index (χ0) is 9.56. The average molecular weight is 257 g/mol. The topological polar surface area (TPSA) is 66.4 Å². The zero-order valence-electron chi connectivity index (χ0n) is 7.87. The summed E-state index contributed by atoms with van der Waals surface area (Å²) >= 11 is 1.56. The van der Waals surface area contributed by atoms with Gasteiger partial charge in [0.1, 0.15) is 6.04 Å². The number of carbonyl (C=O) groups excluding carboxylic acids is 1. The zero-order valence-corrected chi connectivity index (χ0v) is 11.7. The largest absolute Gasteiger partial charge is 0.480 e. The second kappa shape index (κ2) is 8.51. The number of carboxylic acids is 1. The Hall–Kier alpha value is -0.0866. The van der Waals surface area contributed by atoms with Crippen LogP contribution in [0.2, 0.25) is 0 Å². The van der Waals surface area contributed by atoms with E-state index in [1.165, 1.54) is 6.92 Å². The van der Waals surface area contributed by atoms with Crippen LogP contribution in [0.5, 0.6) is 0 Å². The second-order valence-corrected chi connectivity index (χ2v) is 3.36. The molecule has 13 heavy (non-hydrogen) atoms. The Morgan fingerprint density at radius 2 is 2.08 bits per heavy atom. The van der Waals surface area contributed by atoms with Crippen molar-refractivity contribution in [1.82, 2.24) is 5.32 Å². The molecule has 0 radical (unpaired) electrons. The maximum absolute atomic E-state index is 10.5. The van der Waals surface area contributed by atoms with E-state index < -0.39 is 12.0 Å². The van der Waals surface area contributed by atoms with Crippen LogP contribution in [-0.2, 0) is 29.1 Å². The fraction of sp³-hybridized carbons (Fsp3) is 0.714. The molecule has 6 heteroatoms. The number of carboxylic acid groups (broad SMARTS) is 1. The van der Waals surface area contributed by atoms with E-state index in [1.807, 2.05) is 6.26 Å². The average Bonchev–Trinajstić information content (AvgIpc) is 1.96. The third-order valence-electron chi connectivity index (χ3n) is 1.29. The number of nitrogens with one attached hydrogen (secondary N) is 1. The molecule has 1 atom stereocenters. The van der Waals surface area contributed by atoms with Gasteiger partial charge in [-0.1, -0.05) is 0 Å². The van der Waals surface area contributed by atoms with Gasteiger partial charge in [0.2, 0.25) is 5.91 Å². The van der Waals surface area contributed by atoms with Gasteiger partial charge in [-0.2, -0.15) is 11.8 Å². The molecule has 0 aliphatic rings. The van der Waals surface area contributed by atoms with Crippen LogP contribution < -0.4 is 5.32 Å². The van der Waals surface area contributed by atoms with E-state index >= 15 is 0 Å². The van der Waals surface area contributed by atoms with Gasteiger partial charge in [0.25, 0.3) is 0 Å². The summed E-state index contributed by atoms with van der Waals surface area (Å²) in [6.45, 7) is 1.31. The number of hydrogen-bond acceptors (Lipinski definition) is 3. The van der Waals surface area contributed by atoms with Gasteiger partial charge < -0.3 is 10.4 Å². The molecule has 4 nitrogen and oxygen atoms in total. The van der Waals surface area contributed by atoms with Crippen LogP contribution in [0.15, 0.2) is 0 Å². The predicted molar refractivity (Wildman–Crippen MR) is 48.2 cm³/mol. The normalized spacial score (nSPS) is 11.2. The fourth-order valence-electron chi connectivity index (χ4n) is 0.738. The Labute approximate surface area is 94.6 Å². The molecule has 1 unspecified atom stereocenters. The monoisotopic (exact) mass is 255 g/mol. The number of hydrogen-bond donors (Lipinski definition) is 2. The van der Waals surface area contributed by atoms with E-state index in [2.05, 4.69) is 5.32 Å². The first-order valence-corrected chi connectivity index (χ1v) is 4.96. The van der Waals surface area contributed by atoms with Crippen LogP contribution in [0.4, 0.5) is 0 Å². The maximum Gasteiger partial charge on any atom is 0.326 e. The van der Waals surface area contributed by atoms with E-state index in [9.17, 15) is 9.59 Å². The van der Waals surface area contributed by atoms with Crippen LogP contribution in [0.1, 0.15) is 13.3 Å². The minimum absolute atomic E-state index is 0. The Morgan fingerprint density at radius 3 is 2.38 bits per heavy atom. The molecule has 0 spiro atoms. The summed E-state index contributed by atoms with van der Waals surface area (Å²) in [4.78, 5) is 21.1. The van der Waals surface area contributed by atoms with Crippen molar-refractivity contribution in [3.05, 3.63) is 0 Å². The minimum atomic E-state index is -0.973. The van der Waals surface area contributed by atoms with Gasteiger partial charge in [0.15, 0.2) is 0 Å². The van der Waals surface area contributed by atoms with Crippen LogP contribution >= 0.6 is 11.8 Å². The van der Waals surface area contributed by atoms with Crippen molar-refractivity contribution in [2.45, 2.75) is 19.4 Å². The van der Waals surface area contributed by atoms with E-state index in [-0.39, 0.29) is 25.4 Å². The second-order valence-electron chi connectivity index (χ2n) is 2.37. The number of aliphatic carboxylic acids is 1. The Balaban J connectivity index is 0. The van der Waals surface area contributed by atoms with Crippen molar-refractivity contribution in [2.24, 2.45) is 0 Å². The summed E-state index contributed by atoms with van der Waals surface area (Å²) in [7, 11) is 0. The molecule has 0 saturated carbocycles. The van der Waals surface area contributed by atoms with Crippen LogP contribution in [0, 0.1) is 0 Å². The SMILES string of the molecule is CSCCC(NC(C)=O)C(=O)O.[Zn]. The van der Waals surface area contributed by atoms with Crippen molar-refractivity contribution in [3.8, 4) is 0 Å². The molecule has 0 aromatic carbocycles. The Morgan fingerprint density at radius 1 is 1.54 bits per heavy atom. The summed E-state index contributed by atoms with van der Waals surface area (Å²) in [5.74, 6) is -0.542. The van der Waals surface area contributed by atoms with Gasteiger partial charge in [0.05, 0.1) is 0 Å². The first-order chi connectivity index (χ1) is 5.57. The maximum atomic E-state index is 10.5. The van der Waals surface area contributed by atoms with Gasteiger partial charge in [0, 0.05) is 26.4 Å². The summed E-state index contributed by atoms with van der Waals surface area (Å²) in [6, 6.07) is -0.741. The smallest absolute Gasteiger partial charge is 0.326 e. The molecule has 0 aliphatic carbocycles. The third kappa shape index (κ3) is 8.25. The fourth-order valence-corrected chi connectivity index (χ4v) is 1.21. The molecular formula is C7H13NO3SZn. The standard InChI is InChI=1S/C7H13NO3S.Zn/c1-5(9)8-6(7(10)11)3-4-12-2;/h6H,3-4H2,1-2H3,(H,8,9)(H,10,11);. The molecule has 72 valence electrons. The molecule has 1 amide bonds. The third-order valence-corrected chi connectivity index (χ3v) is 1.93. The van der Waals surface area contributed by atoms with Crippen LogP contribution in [-0.4, -0.2) is 35.0 Å². The molecular weight excluding hydrogens is 244 g/mol. The number of rotatable bonds is 5. The molecule has 0 fully saturated rings. The molecule has 0 rings (SSSR count). The van der Waals surface area contributed by atoms with Gasteiger partial charge in [-0.3, -0.25) is 4.79 Å². The predicted octanol–water partition coefficient (Wildman–Crippen LogP) is 0.326. The Kier molecular flexibility index (Phi) is 10.1. The van der Waals surface area contributed by atoms with Gasteiger partial charge in [-0.25, -0.2) is 4.79 Å². The van der Waals surface area contributed by atoms with Crippen molar-refractivity contribution in [3.63, 3.8) is 0 Å².